The molecule has 4 nitrogen and oxygen atoms in total. The van der Waals surface area contributed by atoms with Gasteiger partial charge >= 0.3 is 0 Å². The monoisotopic (exact) mass is 325 g/mol. The first-order valence-corrected chi connectivity index (χ1v) is 9.18. The van der Waals surface area contributed by atoms with Crippen molar-refractivity contribution < 1.29 is 0 Å². The quantitative estimate of drug-likeness (QED) is 0.864. The Bertz CT molecular complexity index is 701. The van der Waals surface area contributed by atoms with Crippen LogP contribution in [0.4, 0.5) is 0 Å². The Morgan fingerprint density at radius 1 is 1.08 bits per heavy atom. The van der Waals surface area contributed by atoms with Crippen LogP contribution in [0.1, 0.15) is 44.6 Å². The molecule has 24 heavy (non-hydrogen) atoms. The van der Waals surface area contributed by atoms with E-state index in [-0.39, 0.29) is 5.56 Å². The van der Waals surface area contributed by atoms with Crippen molar-refractivity contribution in [1.82, 2.24) is 14.7 Å². The van der Waals surface area contributed by atoms with Crippen LogP contribution in [0.3, 0.4) is 0 Å². The minimum Gasteiger partial charge on any atom is -0.303 e. The van der Waals surface area contributed by atoms with Crippen molar-refractivity contribution in [3.05, 3.63) is 58.5 Å². The van der Waals surface area contributed by atoms with E-state index >= 15 is 0 Å². The van der Waals surface area contributed by atoms with Gasteiger partial charge in [-0.2, -0.15) is 9.78 Å². The normalized spacial score (nSPS) is 22.8. The van der Waals surface area contributed by atoms with Gasteiger partial charge in [-0.05, 0) is 68.0 Å². The first kappa shape index (κ1) is 16.9. The number of benzene rings is 1. The lowest BCUT2D eigenvalue weighted by Crippen LogP contribution is -2.22. The highest BCUT2D eigenvalue weighted by Crippen LogP contribution is 2.48. The maximum Gasteiger partial charge on any atom is 0.271 e. The third-order valence-electron chi connectivity index (χ3n) is 4.90. The van der Waals surface area contributed by atoms with Gasteiger partial charge in [-0.1, -0.05) is 26.0 Å². The third kappa shape index (κ3) is 3.75. The van der Waals surface area contributed by atoms with Gasteiger partial charge in [0, 0.05) is 18.8 Å². The highest BCUT2D eigenvalue weighted by Gasteiger charge is 2.39. The van der Waals surface area contributed by atoms with E-state index in [1.165, 1.54) is 55.2 Å². The van der Waals surface area contributed by atoms with Crippen LogP contribution in [0.2, 0.25) is 0 Å². The topological polar surface area (TPSA) is 38.1 Å². The molecular weight excluding hydrogens is 298 g/mol. The second kappa shape index (κ2) is 7.75. The summed E-state index contributed by atoms with van der Waals surface area (Å²) in [5.41, 5.74) is 2.15. The summed E-state index contributed by atoms with van der Waals surface area (Å²) in [6.45, 7) is 7.82. The number of nitrogens with zero attached hydrogens (tertiary/aromatic N) is 3. The van der Waals surface area contributed by atoms with Crippen molar-refractivity contribution in [2.75, 3.05) is 19.6 Å². The summed E-state index contributed by atoms with van der Waals surface area (Å²) in [6.07, 6.45) is 5.68. The van der Waals surface area contributed by atoms with Gasteiger partial charge in [-0.3, -0.25) is 4.79 Å². The highest BCUT2D eigenvalue weighted by molar-refractivity contribution is 5.37. The zero-order valence-corrected chi connectivity index (χ0v) is 14.7. The van der Waals surface area contributed by atoms with Crippen LogP contribution in [-0.2, 0) is 0 Å². The summed E-state index contributed by atoms with van der Waals surface area (Å²) in [5.74, 6) is 1.52. The van der Waals surface area contributed by atoms with Crippen LogP contribution in [0.25, 0.3) is 5.69 Å². The second-order valence-electron chi connectivity index (χ2n) is 6.48. The number of hydrogen-bond acceptors (Lipinski definition) is 3. The molecule has 0 spiro atoms. The third-order valence-corrected chi connectivity index (χ3v) is 4.90. The molecule has 2 atom stereocenters. The molecule has 2 fully saturated rings. The maximum absolute atomic E-state index is 11.8. The molecule has 0 N–H and O–H groups in total. The molecule has 4 rings (SSSR count). The van der Waals surface area contributed by atoms with Gasteiger partial charge in [-0.25, -0.2) is 0 Å². The van der Waals surface area contributed by atoms with E-state index < -0.39 is 0 Å². The molecule has 4 heteroatoms. The molecule has 1 aliphatic carbocycles. The molecule has 1 aliphatic heterocycles. The van der Waals surface area contributed by atoms with Crippen LogP contribution < -0.4 is 5.56 Å². The molecule has 2 aromatic rings. The van der Waals surface area contributed by atoms with Gasteiger partial charge in [0.05, 0.1) is 5.69 Å². The molecule has 0 bridgehead atoms. The van der Waals surface area contributed by atoms with Crippen LogP contribution in [0, 0.1) is 5.92 Å². The summed E-state index contributed by atoms with van der Waals surface area (Å²) in [5, 5.41) is 4.12. The Labute approximate surface area is 144 Å². The van der Waals surface area contributed by atoms with E-state index in [9.17, 15) is 4.79 Å². The predicted molar refractivity (Wildman–Crippen MR) is 97.7 cm³/mol. The molecule has 1 aromatic heterocycles. The van der Waals surface area contributed by atoms with Crippen molar-refractivity contribution in [3.63, 3.8) is 0 Å². The van der Waals surface area contributed by atoms with E-state index in [0.717, 1.165) is 11.6 Å². The minimum absolute atomic E-state index is 0.0893. The highest BCUT2D eigenvalue weighted by atomic mass is 16.1. The van der Waals surface area contributed by atoms with E-state index in [4.69, 9.17) is 0 Å². The molecule has 1 saturated carbocycles. The van der Waals surface area contributed by atoms with Crippen LogP contribution >= 0.6 is 0 Å². The maximum atomic E-state index is 11.8. The fourth-order valence-electron chi connectivity index (χ4n) is 3.57. The molecule has 1 aromatic carbocycles. The first-order valence-electron chi connectivity index (χ1n) is 9.18. The SMILES string of the molecule is CC.O=c1cccnn1-c1ccc(C2CC2CN2CCCC2)cc1. The summed E-state index contributed by atoms with van der Waals surface area (Å²) in [7, 11) is 0. The largest absolute Gasteiger partial charge is 0.303 e. The van der Waals surface area contributed by atoms with Crippen molar-refractivity contribution >= 4 is 0 Å². The summed E-state index contributed by atoms with van der Waals surface area (Å²) < 4.78 is 1.44. The first-order chi connectivity index (χ1) is 11.8. The fourth-order valence-corrected chi connectivity index (χ4v) is 3.57. The lowest BCUT2D eigenvalue weighted by atomic mass is 10.1. The molecule has 128 valence electrons. The number of rotatable bonds is 4. The Morgan fingerprint density at radius 3 is 2.46 bits per heavy atom. The molecular formula is C20H27N3O. The smallest absolute Gasteiger partial charge is 0.271 e. The van der Waals surface area contributed by atoms with E-state index in [0.29, 0.717) is 5.92 Å². The van der Waals surface area contributed by atoms with Crippen molar-refractivity contribution in [2.24, 2.45) is 5.92 Å². The van der Waals surface area contributed by atoms with Crippen LogP contribution in [-0.4, -0.2) is 34.3 Å². The zero-order chi connectivity index (χ0) is 16.9. The second-order valence-corrected chi connectivity index (χ2v) is 6.48. The van der Waals surface area contributed by atoms with Crippen molar-refractivity contribution in [2.45, 2.75) is 39.0 Å². The van der Waals surface area contributed by atoms with E-state index in [1.807, 2.05) is 26.0 Å². The van der Waals surface area contributed by atoms with Gasteiger partial charge < -0.3 is 4.90 Å². The Morgan fingerprint density at radius 2 is 1.79 bits per heavy atom. The molecule has 0 radical (unpaired) electrons. The van der Waals surface area contributed by atoms with Crippen LogP contribution in [0.15, 0.2) is 47.4 Å². The molecule has 2 heterocycles. The average Bonchev–Trinajstić information content (AvgIpc) is 3.20. The zero-order valence-electron chi connectivity index (χ0n) is 14.7. The van der Waals surface area contributed by atoms with Gasteiger partial charge in [0.1, 0.15) is 0 Å². The number of hydrogen-bond donors (Lipinski definition) is 0. The molecule has 0 amide bonds. The fraction of sp³-hybridized carbons (Fsp3) is 0.500. The molecule has 1 saturated heterocycles. The van der Waals surface area contributed by atoms with E-state index in [2.05, 4.69) is 22.1 Å². The van der Waals surface area contributed by atoms with Crippen molar-refractivity contribution in [3.8, 4) is 5.69 Å². The molecule has 2 unspecified atom stereocenters. The summed E-state index contributed by atoms with van der Waals surface area (Å²) in [4.78, 5) is 14.4. The standard InChI is InChI=1S/C18H21N3O.C2H6/c22-18-4-3-9-19-21(18)16-7-5-14(6-8-16)17-12-15(17)13-20-10-1-2-11-20;1-2/h3-9,15,17H,1-2,10-13H2;1-2H3. The number of aromatic nitrogens is 2. The van der Waals surface area contributed by atoms with E-state index in [1.54, 1.807) is 12.3 Å². The van der Waals surface area contributed by atoms with Crippen molar-refractivity contribution in [1.29, 1.82) is 0 Å². The lowest BCUT2D eigenvalue weighted by molar-refractivity contribution is 0.322. The van der Waals surface area contributed by atoms with Crippen LogP contribution in [0.5, 0.6) is 0 Å². The van der Waals surface area contributed by atoms with Gasteiger partial charge in [-0.15, -0.1) is 0 Å². The predicted octanol–water partition coefficient (Wildman–Crippen LogP) is 3.46. The van der Waals surface area contributed by atoms with Gasteiger partial charge in [0.25, 0.3) is 5.56 Å². The Kier molecular flexibility index (Phi) is 5.46. The average molecular weight is 325 g/mol. The Balaban J connectivity index is 0.000000815. The Hall–Kier alpha value is -1.94. The summed E-state index contributed by atoms with van der Waals surface area (Å²) >= 11 is 0. The molecule has 2 aliphatic rings. The number of likely N-dealkylation sites (tertiary alicyclic amines) is 1. The lowest BCUT2D eigenvalue weighted by Gasteiger charge is -2.14. The summed E-state index contributed by atoms with van der Waals surface area (Å²) in [6, 6.07) is 11.5. The van der Waals surface area contributed by atoms with Gasteiger partial charge in [0.15, 0.2) is 0 Å². The van der Waals surface area contributed by atoms with Gasteiger partial charge in [0.2, 0.25) is 0 Å². The minimum atomic E-state index is -0.0893.